The molecule has 0 aliphatic carbocycles. The molecule has 142 valence electrons. The van der Waals surface area contributed by atoms with Crippen LogP contribution in [0.2, 0.25) is 0 Å². The molecular formula is C19H20N2O5S. The van der Waals surface area contributed by atoms with E-state index in [2.05, 4.69) is 0 Å². The van der Waals surface area contributed by atoms with Crippen molar-refractivity contribution in [1.29, 1.82) is 0 Å². The lowest BCUT2D eigenvalue weighted by atomic mass is 10.2. The SMILES string of the molecule is O=Cc1ccccc1OCC(=O)N1CCN(S(=O)(=O)c2ccccc2)CC1. The molecule has 1 saturated heterocycles. The van der Waals surface area contributed by atoms with Gasteiger partial charge < -0.3 is 9.64 Å². The van der Waals surface area contributed by atoms with Crippen molar-refractivity contribution in [1.82, 2.24) is 9.21 Å². The van der Waals surface area contributed by atoms with Gasteiger partial charge in [0.15, 0.2) is 12.9 Å². The van der Waals surface area contributed by atoms with Gasteiger partial charge in [0.05, 0.1) is 10.5 Å². The normalized spacial score (nSPS) is 15.3. The molecule has 0 bridgehead atoms. The number of carbonyl (C=O) groups is 2. The van der Waals surface area contributed by atoms with Crippen LogP contribution in [0.1, 0.15) is 10.4 Å². The Morgan fingerprint density at radius 2 is 1.59 bits per heavy atom. The fourth-order valence-electron chi connectivity index (χ4n) is 2.86. The number of rotatable bonds is 6. The molecule has 0 aromatic heterocycles. The van der Waals surface area contributed by atoms with Crippen LogP contribution < -0.4 is 4.74 Å². The Kier molecular flexibility index (Phi) is 5.88. The molecular weight excluding hydrogens is 368 g/mol. The van der Waals surface area contributed by atoms with Crippen molar-refractivity contribution in [3.05, 3.63) is 60.2 Å². The van der Waals surface area contributed by atoms with E-state index in [4.69, 9.17) is 4.74 Å². The molecule has 2 aromatic rings. The molecule has 0 N–H and O–H groups in total. The summed E-state index contributed by atoms with van der Waals surface area (Å²) in [4.78, 5) is 25.1. The van der Waals surface area contributed by atoms with E-state index in [0.717, 1.165) is 0 Å². The van der Waals surface area contributed by atoms with Crippen molar-refractivity contribution < 1.29 is 22.7 Å². The molecule has 0 spiro atoms. The fourth-order valence-corrected chi connectivity index (χ4v) is 4.30. The highest BCUT2D eigenvalue weighted by Crippen LogP contribution is 2.18. The number of sulfonamides is 1. The number of carbonyl (C=O) groups excluding carboxylic acids is 2. The van der Waals surface area contributed by atoms with E-state index in [-0.39, 0.29) is 30.5 Å². The van der Waals surface area contributed by atoms with Crippen LogP contribution in [0.5, 0.6) is 5.75 Å². The van der Waals surface area contributed by atoms with E-state index in [1.54, 1.807) is 59.5 Å². The van der Waals surface area contributed by atoms with Crippen LogP contribution in [0.15, 0.2) is 59.5 Å². The van der Waals surface area contributed by atoms with Gasteiger partial charge in [0.2, 0.25) is 10.0 Å². The van der Waals surface area contributed by atoms with Crippen molar-refractivity contribution in [2.45, 2.75) is 4.90 Å². The fraction of sp³-hybridized carbons (Fsp3) is 0.263. The summed E-state index contributed by atoms with van der Waals surface area (Å²) < 4.78 is 32.1. The van der Waals surface area contributed by atoms with E-state index < -0.39 is 10.0 Å². The first-order valence-corrected chi connectivity index (χ1v) is 9.96. The Labute approximate surface area is 158 Å². The van der Waals surface area contributed by atoms with E-state index in [9.17, 15) is 18.0 Å². The smallest absolute Gasteiger partial charge is 0.260 e. The molecule has 0 atom stereocenters. The zero-order valence-electron chi connectivity index (χ0n) is 14.7. The van der Waals surface area contributed by atoms with E-state index in [1.165, 1.54) is 4.31 Å². The molecule has 1 heterocycles. The van der Waals surface area contributed by atoms with Crippen LogP contribution in [-0.4, -0.2) is 62.6 Å². The number of hydrogen-bond acceptors (Lipinski definition) is 5. The van der Waals surface area contributed by atoms with Gasteiger partial charge in [0.25, 0.3) is 5.91 Å². The van der Waals surface area contributed by atoms with Gasteiger partial charge in [-0.2, -0.15) is 4.31 Å². The lowest BCUT2D eigenvalue weighted by molar-refractivity contribution is -0.134. The number of ether oxygens (including phenoxy) is 1. The molecule has 3 rings (SSSR count). The quantitative estimate of drug-likeness (QED) is 0.699. The van der Waals surface area contributed by atoms with Crippen LogP contribution in [0.4, 0.5) is 0 Å². The monoisotopic (exact) mass is 388 g/mol. The van der Waals surface area contributed by atoms with Gasteiger partial charge in [-0.25, -0.2) is 8.42 Å². The number of amides is 1. The average Bonchev–Trinajstić information content (AvgIpc) is 2.73. The number of para-hydroxylation sites is 1. The van der Waals surface area contributed by atoms with Gasteiger partial charge in [-0.1, -0.05) is 30.3 Å². The lowest BCUT2D eigenvalue weighted by Crippen LogP contribution is -2.51. The Morgan fingerprint density at radius 1 is 0.963 bits per heavy atom. The van der Waals surface area contributed by atoms with Gasteiger partial charge in [0.1, 0.15) is 5.75 Å². The summed E-state index contributed by atoms with van der Waals surface area (Å²) in [6.45, 7) is 0.852. The van der Waals surface area contributed by atoms with Crippen LogP contribution in [0.25, 0.3) is 0 Å². The third kappa shape index (κ3) is 4.35. The molecule has 0 saturated carbocycles. The topological polar surface area (TPSA) is 84.0 Å². The minimum absolute atomic E-state index is 0.198. The summed E-state index contributed by atoms with van der Waals surface area (Å²) in [5.74, 6) is 0.110. The van der Waals surface area contributed by atoms with Crippen molar-refractivity contribution in [3.63, 3.8) is 0 Å². The minimum Gasteiger partial charge on any atom is -0.483 e. The summed E-state index contributed by atoms with van der Waals surface area (Å²) in [7, 11) is -3.55. The van der Waals surface area contributed by atoms with Gasteiger partial charge in [-0.3, -0.25) is 9.59 Å². The van der Waals surface area contributed by atoms with Crippen molar-refractivity contribution >= 4 is 22.2 Å². The molecule has 7 nitrogen and oxygen atoms in total. The Balaban J connectivity index is 1.56. The van der Waals surface area contributed by atoms with Crippen LogP contribution in [0.3, 0.4) is 0 Å². The van der Waals surface area contributed by atoms with Crippen molar-refractivity contribution in [2.75, 3.05) is 32.8 Å². The molecule has 0 radical (unpaired) electrons. The summed E-state index contributed by atoms with van der Waals surface area (Å²) in [5, 5.41) is 0. The maximum absolute atomic E-state index is 12.6. The predicted octanol–water partition coefficient (Wildman–Crippen LogP) is 1.41. The van der Waals surface area contributed by atoms with Crippen LogP contribution >= 0.6 is 0 Å². The maximum atomic E-state index is 12.6. The number of aldehydes is 1. The molecule has 1 aliphatic heterocycles. The molecule has 1 fully saturated rings. The van der Waals surface area contributed by atoms with Crippen molar-refractivity contribution in [3.8, 4) is 5.75 Å². The zero-order chi connectivity index (χ0) is 19.3. The maximum Gasteiger partial charge on any atom is 0.260 e. The van der Waals surface area contributed by atoms with E-state index in [0.29, 0.717) is 30.7 Å². The number of nitrogens with zero attached hydrogens (tertiary/aromatic N) is 2. The third-order valence-corrected chi connectivity index (χ3v) is 6.28. The lowest BCUT2D eigenvalue weighted by Gasteiger charge is -2.34. The standard InChI is InChI=1S/C19H20N2O5S/c22-14-16-6-4-5-9-18(16)26-15-19(23)20-10-12-21(13-11-20)27(24,25)17-7-2-1-3-8-17/h1-9,14H,10-13,15H2. The zero-order valence-corrected chi connectivity index (χ0v) is 15.5. The van der Waals surface area contributed by atoms with Gasteiger partial charge >= 0.3 is 0 Å². The molecule has 8 heteroatoms. The number of piperazine rings is 1. The van der Waals surface area contributed by atoms with Gasteiger partial charge in [-0.05, 0) is 24.3 Å². The van der Waals surface area contributed by atoms with Gasteiger partial charge in [-0.15, -0.1) is 0 Å². The summed E-state index contributed by atoms with van der Waals surface area (Å²) in [5.41, 5.74) is 0.379. The molecule has 0 unspecified atom stereocenters. The first kappa shape index (κ1) is 19.1. The van der Waals surface area contributed by atoms with E-state index in [1.807, 2.05) is 0 Å². The highest BCUT2D eigenvalue weighted by molar-refractivity contribution is 7.89. The molecule has 1 amide bonds. The number of benzene rings is 2. The Morgan fingerprint density at radius 3 is 2.26 bits per heavy atom. The van der Waals surface area contributed by atoms with E-state index >= 15 is 0 Å². The first-order chi connectivity index (χ1) is 13.0. The minimum atomic E-state index is -3.55. The Hall–Kier alpha value is -2.71. The highest BCUT2D eigenvalue weighted by Gasteiger charge is 2.30. The second-order valence-corrected chi connectivity index (χ2v) is 7.98. The number of hydrogen-bond donors (Lipinski definition) is 0. The first-order valence-electron chi connectivity index (χ1n) is 8.52. The average molecular weight is 388 g/mol. The largest absolute Gasteiger partial charge is 0.483 e. The van der Waals surface area contributed by atoms with Crippen molar-refractivity contribution in [2.24, 2.45) is 0 Å². The summed E-state index contributed by atoms with van der Waals surface area (Å²) >= 11 is 0. The Bertz CT molecular complexity index is 907. The van der Waals surface area contributed by atoms with Crippen LogP contribution in [0, 0.1) is 0 Å². The molecule has 1 aliphatic rings. The highest BCUT2D eigenvalue weighted by atomic mass is 32.2. The van der Waals surface area contributed by atoms with Gasteiger partial charge in [0, 0.05) is 26.2 Å². The summed E-state index contributed by atoms with van der Waals surface area (Å²) in [6.07, 6.45) is 0.674. The second kappa shape index (κ2) is 8.32. The predicted molar refractivity (Wildman–Crippen MR) is 99.1 cm³/mol. The van der Waals surface area contributed by atoms with Crippen LogP contribution in [-0.2, 0) is 14.8 Å². The molecule has 2 aromatic carbocycles. The molecule has 27 heavy (non-hydrogen) atoms. The summed E-state index contributed by atoms with van der Waals surface area (Å²) in [6, 6.07) is 14.9. The third-order valence-electron chi connectivity index (χ3n) is 4.37. The second-order valence-electron chi connectivity index (χ2n) is 6.04.